The van der Waals surface area contributed by atoms with Crippen LogP contribution >= 0.6 is 0 Å². The zero-order chi connectivity index (χ0) is 15.3. The number of benzene rings is 3. The molecule has 0 radical (unpaired) electrons. The fourth-order valence-electron chi connectivity index (χ4n) is 3.50. The number of nitrogens with zero attached hydrogens (tertiary/aromatic N) is 1. The van der Waals surface area contributed by atoms with E-state index in [-0.39, 0.29) is 5.78 Å². The average molecular weight is 287 g/mol. The maximum atomic E-state index is 12.6. The molecule has 0 aliphatic heterocycles. The first-order valence-electron chi connectivity index (χ1n) is 7.53. The zero-order valence-corrected chi connectivity index (χ0v) is 12.8. The Hall–Kier alpha value is -2.61. The molecule has 2 heteroatoms. The summed E-state index contributed by atoms with van der Waals surface area (Å²) in [6.45, 7) is 0. The van der Waals surface area contributed by atoms with E-state index in [0.717, 1.165) is 33.0 Å². The number of rotatable bonds is 1. The number of fused-ring (bicyclic) bond motifs is 6. The van der Waals surface area contributed by atoms with Crippen LogP contribution in [0.5, 0.6) is 0 Å². The predicted octanol–water partition coefficient (Wildman–Crippen LogP) is 4.48. The van der Waals surface area contributed by atoms with Crippen molar-refractivity contribution in [1.29, 1.82) is 0 Å². The Morgan fingerprint density at radius 2 is 1.27 bits per heavy atom. The fraction of sp³-hybridized carbons (Fsp3) is 0.150. The lowest BCUT2D eigenvalue weighted by Gasteiger charge is -2.26. The van der Waals surface area contributed by atoms with E-state index in [1.54, 1.807) is 0 Å². The molecule has 0 saturated carbocycles. The first-order valence-corrected chi connectivity index (χ1v) is 7.53. The van der Waals surface area contributed by atoms with Gasteiger partial charge in [0, 0.05) is 37.3 Å². The van der Waals surface area contributed by atoms with Gasteiger partial charge < -0.3 is 4.90 Å². The Labute approximate surface area is 129 Å². The van der Waals surface area contributed by atoms with Crippen LogP contribution in [0.3, 0.4) is 0 Å². The molecule has 3 aromatic carbocycles. The number of carbonyl (C=O) groups is 1. The highest BCUT2D eigenvalue weighted by Crippen LogP contribution is 2.40. The molecule has 108 valence electrons. The summed E-state index contributed by atoms with van der Waals surface area (Å²) in [6.07, 6.45) is 2.52. The van der Waals surface area contributed by atoms with Crippen LogP contribution in [0.1, 0.15) is 22.3 Å². The smallest absolute Gasteiger partial charge is 0.168 e. The van der Waals surface area contributed by atoms with Gasteiger partial charge in [0.05, 0.1) is 0 Å². The van der Waals surface area contributed by atoms with E-state index >= 15 is 0 Å². The minimum absolute atomic E-state index is 0.211. The Bertz CT molecular complexity index is 950. The third-order valence-corrected chi connectivity index (χ3v) is 4.43. The Balaban J connectivity index is 2.29. The number of ketones is 1. The third-order valence-electron chi connectivity index (χ3n) is 4.43. The summed E-state index contributed by atoms with van der Waals surface area (Å²) < 4.78 is 0. The number of Topliss-reactive ketones (excluding diaryl/α,β-unsaturated/α-hetero) is 1. The minimum Gasteiger partial charge on any atom is -0.377 e. The van der Waals surface area contributed by atoms with Crippen molar-refractivity contribution >= 4 is 33.0 Å². The van der Waals surface area contributed by atoms with E-state index in [4.69, 9.17) is 0 Å². The van der Waals surface area contributed by atoms with Crippen molar-refractivity contribution in [3.8, 4) is 0 Å². The quantitative estimate of drug-likeness (QED) is 0.615. The number of carbonyl (C=O) groups excluding carboxylic acids is 1. The summed E-state index contributed by atoms with van der Waals surface area (Å²) in [7, 11) is 4.07. The van der Waals surface area contributed by atoms with E-state index in [1.165, 1.54) is 5.39 Å². The van der Waals surface area contributed by atoms with Gasteiger partial charge in [0.2, 0.25) is 0 Å². The molecule has 0 aromatic heterocycles. The van der Waals surface area contributed by atoms with Crippen LogP contribution in [0.25, 0.3) is 27.2 Å². The lowest BCUT2D eigenvalue weighted by Crippen LogP contribution is -2.18. The van der Waals surface area contributed by atoms with E-state index in [9.17, 15) is 4.79 Å². The van der Waals surface area contributed by atoms with Gasteiger partial charge in [0.1, 0.15) is 0 Å². The van der Waals surface area contributed by atoms with Crippen molar-refractivity contribution in [2.45, 2.75) is 6.42 Å². The molecule has 1 aliphatic rings. The van der Waals surface area contributed by atoms with Crippen LogP contribution in [-0.4, -0.2) is 24.8 Å². The van der Waals surface area contributed by atoms with Crippen LogP contribution in [0.2, 0.25) is 0 Å². The molecule has 3 aromatic rings. The Kier molecular flexibility index (Phi) is 2.80. The second-order valence-electron chi connectivity index (χ2n) is 5.95. The monoisotopic (exact) mass is 287 g/mol. The lowest BCUT2D eigenvalue weighted by atomic mass is 9.84. The summed E-state index contributed by atoms with van der Waals surface area (Å²) in [5.41, 5.74) is 3.09. The maximum absolute atomic E-state index is 12.6. The largest absolute Gasteiger partial charge is 0.377 e. The van der Waals surface area contributed by atoms with Gasteiger partial charge in [-0.2, -0.15) is 0 Å². The fourth-order valence-corrected chi connectivity index (χ4v) is 3.50. The molecule has 0 amide bonds. The number of allylic oxidation sites excluding steroid dienone is 1. The molecule has 0 unspecified atom stereocenters. The highest BCUT2D eigenvalue weighted by Gasteiger charge is 2.25. The summed E-state index contributed by atoms with van der Waals surface area (Å²) >= 11 is 0. The standard InChI is InChI=1S/C20H17NO/c1-21(2)17-11-12-18(22)20-16-10-6-4-8-14(16)13-7-3-5-9-15(13)19(17)20/h3-11H,12H2,1-2H3. The molecular weight excluding hydrogens is 270 g/mol. The SMILES string of the molecule is CN(C)C1=CCC(=O)c2c1c1ccccc1c1ccccc21. The zero-order valence-electron chi connectivity index (χ0n) is 12.8. The van der Waals surface area contributed by atoms with Crippen LogP contribution in [0, 0.1) is 0 Å². The number of hydrogen-bond acceptors (Lipinski definition) is 2. The second-order valence-corrected chi connectivity index (χ2v) is 5.95. The molecule has 0 bridgehead atoms. The Morgan fingerprint density at radius 3 is 1.82 bits per heavy atom. The van der Waals surface area contributed by atoms with Gasteiger partial charge in [-0.3, -0.25) is 4.79 Å². The molecule has 0 saturated heterocycles. The van der Waals surface area contributed by atoms with E-state index in [2.05, 4.69) is 35.2 Å². The maximum Gasteiger partial charge on any atom is 0.168 e. The van der Waals surface area contributed by atoms with Crippen LogP contribution in [0.15, 0.2) is 54.6 Å². The molecule has 4 rings (SSSR count). The average Bonchev–Trinajstić information content (AvgIpc) is 2.55. The first-order chi connectivity index (χ1) is 10.7. The third kappa shape index (κ3) is 1.70. The molecule has 0 atom stereocenters. The van der Waals surface area contributed by atoms with Gasteiger partial charge in [-0.15, -0.1) is 0 Å². The molecule has 1 aliphatic carbocycles. The first kappa shape index (κ1) is 13.1. The lowest BCUT2D eigenvalue weighted by molar-refractivity contribution is 0.0995. The van der Waals surface area contributed by atoms with Gasteiger partial charge in [0.15, 0.2) is 5.78 Å². The second kappa shape index (κ2) is 4.70. The summed E-state index contributed by atoms with van der Waals surface area (Å²) in [6, 6.07) is 16.6. The summed E-state index contributed by atoms with van der Waals surface area (Å²) in [5.74, 6) is 0.211. The van der Waals surface area contributed by atoms with Crippen molar-refractivity contribution in [2.24, 2.45) is 0 Å². The molecule has 22 heavy (non-hydrogen) atoms. The van der Waals surface area contributed by atoms with E-state index in [0.29, 0.717) is 6.42 Å². The summed E-state index contributed by atoms with van der Waals surface area (Å²) in [5, 5.41) is 4.59. The van der Waals surface area contributed by atoms with E-state index < -0.39 is 0 Å². The Morgan fingerprint density at radius 1 is 0.773 bits per heavy atom. The van der Waals surface area contributed by atoms with Crippen molar-refractivity contribution in [2.75, 3.05) is 14.1 Å². The number of hydrogen-bond donors (Lipinski definition) is 0. The molecule has 0 heterocycles. The molecular formula is C20H17NO. The van der Waals surface area contributed by atoms with Crippen molar-refractivity contribution in [3.63, 3.8) is 0 Å². The van der Waals surface area contributed by atoms with Gasteiger partial charge >= 0.3 is 0 Å². The minimum atomic E-state index is 0.211. The van der Waals surface area contributed by atoms with Crippen LogP contribution in [0.4, 0.5) is 0 Å². The molecule has 2 nitrogen and oxygen atoms in total. The normalized spacial score (nSPS) is 14.1. The molecule has 0 fully saturated rings. The van der Waals surface area contributed by atoms with Crippen LogP contribution < -0.4 is 0 Å². The van der Waals surface area contributed by atoms with Crippen molar-refractivity contribution in [3.05, 3.63) is 65.7 Å². The predicted molar refractivity (Wildman–Crippen MR) is 92.1 cm³/mol. The van der Waals surface area contributed by atoms with E-state index in [1.807, 2.05) is 38.4 Å². The topological polar surface area (TPSA) is 20.3 Å². The molecule has 0 spiro atoms. The van der Waals surface area contributed by atoms with Crippen molar-refractivity contribution < 1.29 is 4.79 Å². The highest BCUT2D eigenvalue weighted by molar-refractivity contribution is 6.23. The summed E-state index contributed by atoms with van der Waals surface area (Å²) in [4.78, 5) is 14.8. The van der Waals surface area contributed by atoms with Gasteiger partial charge in [-0.1, -0.05) is 54.6 Å². The van der Waals surface area contributed by atoms with Gasteiger partial charge in [-0.05, 0) is 21.5 Å². The highest BCUT2D eigenvalue weighted by atomic mass is 16.1. The molecule has 0 N–H and O–H groups in total. The van der Waals surface area contributed by atoms with Gasteiger partial charge in [-0.25, -0.2) is 0 Å². The van der Waals surface area contributed by atoms with Crippen molar-refractivity contribution in [1.82, 2.24) is 4.90 Å². The van der Waals surface area contributed by atoms with Crippen LogP contribution in [-0.2, 0) is 0 Å². The van der Waals surface area contributed by atoms with Gasteiger partial charge in [0.25, 0.3) is 0 Å².